The van der Waals surface area contributed by atoms with Crippen molar-refractivity contribution in [1.29, 1.82) is 0 Å². The molecule has 0 saturated heterocycles. The highest BCUT2D eigenvalue weighted by Crippen LogP contribution is 2.41. The lowest BCUT2D eigenvalue weighted by Crippen LogP contribution is -2.21. The van der Waals surface area contributed by atoms with E-state index in [-0.39, 0.29) is 46.5 Å². The lowest BCUT2D eigenvalue weighted by Gasteiger charge is -2.24. The molecule has 0 spiro atoms. The highest BCUT2D eigenvalue weighted by atomic mass is 16.5. The summed E-state index contributed by atoms with van der Waals surface area (Å²) >= 11 is 0. The molecule has 7 nitrogen and oxygen atoms in total. The van der Waals surface area contributed by atoms with Gasteiger partial charge in [0.25, 0.3) is 0 Å². The minimum absolute atomic E-state index is 0.00157. The molecule has 0 amide bonds. The van der Waals surface area contributed by atoms with Crippen LogP contribution in [0.1, 0.15) is 55.1 Å². The molecule has 0 aromatic heterocycles. The van der Waals surface area contributed by atoms with Gasteiger partial charge in [0.15, 0.2) is 5.78 Å². The van der Waals surface area contributed by atoms with Crippen LogP contribution >= 0.6 is 0 Å². The summed E-state index contributed by atoms with van der Waals surface area (Å²) in [5.74, 6) is -1.67. The van der Waals surface area contributed by atoms with Gasteiger partial charge < -0.3 is 30.3 Å². The Morgan fingerprint density at radius 1 is 1.15 bits per heavy atom. The number of carbonyl (C=O) groups excluding carboxylic acids is 1. The first kappa shape index (κ1) is 25.8. The minimum atomic E-state index is -0.872. The van der Waals surface area contributed by atoms with Gasteiger partial charge in [-0.1, -0.05) is 12.2 Å². The summed E-state index contributed by atoms with van der Waals surface area (Å²) in [5, 5.41) is 50.9. The standard InChI is InChI=1S/C26H32O7/c1-15(2)17(10-11-26(3,4)32)12-19-22(30)14-23(33-5)24(25(19)31)20(28)9-7-16-6-8-18(27)13-21(16)29/h6-9,13-14,17,27,29-32H,1,10-12H2,2-5H3. The van der Waals surface area contributed by atoms with Crippen LogP contribution < -0.4 is 4.74 Å². The Balaban J connectivity index is 2.42. The minimum Gasteiger partial charge on any atom is -0.508 e. The topological polar surface area (TPSA) is 127 Å². The van der Waals surface area contributed by atoms with Gasteiger partial charge in [0.1, 0.15) is 34.3 Å². The zero-order valence-electron chi connectivity index (χ0n) is 19.4. The third-order valence-corrected chi connectivity index (χ3v) is 5.49. The Morgan fingerprint density at radius 3 is 2.36 bits per heavy atom. The Bertz CT molecular complexity index is 1060. The normalized spacial score (nSPS) is 12.6. The molecule has 0 bridgehead atoms. The quantitative estimate of drug-likeness (QED) is 0.199. The van der Waals surface area contributed by atoms with Gasteiger partial charge in [0.05, 0.1) is 12.7 Å². The summed E-state index contributed by atoms with van der Waals surface area (Å²) < 4.78 is 5.21. The smallest absolute Gasteiger partial charge is 0.193 e. The maximum Gasteiger partial charge on any atom is 0.193 e. The number of methoxy groups -OCH3 is 1. The number of aliphatic hydroxyl groups is 1. The highest BCUT2D eigenvalue weighted by Gasteiger charge is 2.26. The van der Waals surface area contributed by atoms with Gasteiger partial charge >= 0.3 is 0 Å². The van der Waals surface area contributed by atoms with Crippen LogP contribution in [-0.2, 0) is 6.42 Å². The number of phenolic OH excluding ortho intramolecular Hbond substituents is 4. The van der Waals surface area contributed by atoms with E-state index in [0.29, 0.717) is 18.4 Å². The highest BCUT2D eigenvalue weighted by molar-refractivity contribution is 6.11. The van der Waals surface area contributed by atoms with Crippen molar-refractivity contribution in [2.45, 2.75) is 45.6 Å². The first-order valence-electron chi connectivity index (χ1n) is 10.6. The third kappa shape index (κ3) is 6.76. The van der Waals surface area contributed by atoms with Gasteiger partial charge in [-0.15, -0.1) is 0 Å². The molecule has 1 atom stereocenters. The van der Waals surface area contributed by atoms with Gasteiger partial charge in [0, 0.05) is 23.3 Å². The summed E-state index contributed by atoms with van der Waals surface area (Å²) in [6.45, 7) is 9.25. The summed E-state index contributed by atoms with van der Waals surface area (Å²) in [6.07, 6.45) is 3.80. The lowest BCUT2D eigenvalue weighted by molar-refractivity contribution is 0.0650. The number of benzene rings is 2. The molecule has 0 aliphatic heterocycles. The van der Waals surface area contributed by atoms with Crippen LogP contribution in [0.25, 0.3) is 6.08 Å². The fourth-order valence-electron chi connectivity index (χ4n) is 3.49. The molecule has 0 heterocycles. The van der Waals surface area contributed by atoms with Gasteiger partial charge in [-0.2, -0.15) is 0 Å². The predicted molar refractivity (Wildman–Crippen MR) is 127 cm³/mol. The van der Waals surface area contributed by atoms with E-state index in [0.717, 1.165) is 17.7 Å². The number of phenols is 4. The Hall–Kier alpha value is -3.45. The molecule has 0 fully saturated rings. The molecular formula is C26H32O7. The molecule has 0 radical (unpaired) electrons. The average molecular weight is 457 g/mol. The van der Waals surface area contributed by atoms with Crippen molar-refractivity contribution in [3.8, 4) is 28.7 Å². The van der Waals surface area contributed by atoms with Crippen LogP contribution in [0.3, 0.4) is 0 Å². The van der Waals surface area contributed by atoms with E-state index in [4.69, 9.17) is 4.74 Å². The van der Waals surface area contributed by atoms with Gasteiger partial charge in [-0.25, -0.2) is 0 Å². The Labute approximate surface area is 193 Å². The molecule has 33 heavy (non-hydrogen) atoms. The second-order valence-electron chi connectivity index (χ2n) is 8.84. The predicted octanol–water partition coefficient (Wildman–Crippen LogP) is 4.70. The molecule has 2 rings (SSSR count). The maximum absolute atomic E-state index is 12.9. The summed E-state index contributed by atoms with van der Waals surface area (Å²) in [6, 6.07) is 5.23. The molecular weight excluding hydrogens is 424 g/mol. The van der Waals surface area contributed by atoms with Gasteiger partial charge in [-0.3, -0.25) is 4.79 Å². The fraction of sp³-hybridized carbons (Fsp3) is 0.346. The number of aromatic hydroxyl groups is 4. The first-order valence-corrected chi connectivity index (χ1v) is 10.6. The molecule has 178 valence electrons. The van der Waals surface area contributed by atoms with Gasteiger partial charge in [0.2, 0.25) is 0 Å². The monoisotopic (exact) mass is 456 g/mol. The van der Waals surface area contributed by atoms with Crippen molar-refractivity contribution in [3.63, 3.8) is 0 Å². The van der Waals surface area contributed by atoms with E-state index >= 15 is 0 Å². The number of hydrogen-bond acceptors (Lipinski definition) is 7. The number of carbonyl (C=O) groups is 1. The van der Waals surface area contributed by atoms with Crippen molar-refractivity contribution >= 4 is 11.9 Å². The van der Waals surface area contributed by atoms with Crippen LogP contribution in [0.5, 0.6) is 28.7 Å². The fourth-order valence-corrected chi connectivity index (χ4v) is 3.49. The van der Waals surface area contributed by atoms with E-state index in [1.54, 1.807) is 13.8 Å². The van der Waals surface area contributed by atoms with Crippen molar-refractivity contribution in [2.75, 3.05) is 7.11 Å². The largest absolute Gasteiger partial charge is 0.508 e. The molecule has 0 aliphatic carbocycles. The molecule has 0 saturated carbocycles. The average Bonchev–Trinajstić information content (AvgIpc) is 2.70. The Morgan fingerprint density at radius 2 is 1.82 bits per heavy atom. The lowest BCUT2D eigenvalue weighted by atomic mass is 9.85. The van der Waals surface area contributed by atoms with Crippen molar-refractivity contribution < 1.29 is 35.1 Å². The maximum atomic E-state index is 12.9. The number of allylic oxidation sites excluding steroid dienone is 2. The number of ether oxygens (including phenoxy) is 1. The van der Waals surface area contributed by atoms with Gasteiger partial charge in [-0.05, 0) is 70.2 Å². The summed E-state index contributed by atoms with van der Waals surface area (Å²) in [5.41, 5.74) is 0.312. The van der Waals surface area contributed by atoms with Crippen LogP contribution in [0.15, 0.2) is 42.5 Å². The summed E-state index contributed by atoms with van der Waals surface area (Å²) in [4.78, 5) is 12.9. The molecule has 0 aliphatic rings. The van der Waals surface area contributed by atoms with Crippen LogP contribution in [-0.4, -0.2) is 44.0 Å². The molecule has 2 aromatic carbocycles. The van der Waals surface area contributed by atoms with E-state index in [2.05, 4.69) is 6.58 Å². The van der Waals surface area contributed by atoms with Crippen molar-refractivity contribution in [3.05, 3.63) is 59.2 Å². The molecule has 1 unspecified atom stereocenters. The van der Waals surface area contributed by atoms with Crippen LogP contribution in [0.4, 0.5) is 0 Å². The third-order valence-electron chi connectivity index (χ3n) is 5.49. The number of hydrogen-bond donors (Lipinski definition) is 5. The first-order chi connectivity index (χ1) is 15.3. The van der Waals surface area contributed by atoms with Crippen LogP contribution in [0, 0.1) is 5.92 Å². The molecule has 2 aromatic rings. The second kappa shape index (κ2) is 10.4. The van der Waals surface area contributed by atoms with Crippen molar-refractivity contribution in [1.82, 2.24) is 0 Å². The zero-order chi connectivity index (χ0) is 24.9. The SMILES string of the molecule is C=C(C)C(CCC(C)(C)O)Cc1c(O)cc(OC)c(C(=O)C=Cc2ccc(O)cc2O)c1O. The van der Waals surface area contributed by atoms with E-state index in [1.807, 2.05) is 6.92 Å². The van der Waals surface area contributed by atoms with E-state index in [1.165, 1.54) is 31.4 Å². The summed E-state index contributed by atoms with van der Waals surface area (Å²) in [7, 11) is 1.32. The Kier molecular flexibility index (Phi) is 8.17. The number of rotatable bonds is 10. The van der Waals surface area contributed by atoms with E-state index < -0.39 is 17.1 Å². The van der Waals surface area contributed by atoms with E-state index in [9.17, 15) is 30.3 Å². The second-order valence-corrected chi connectivity index (χ2v) is 8.84. The molecule has 7 heteroatoms. The zero-order valence-corrected chi connectivity index (χ0v) is 19.4. The molecule has 5 N–H and O–H groups in total. The number of ketones is 1. The van der Waals surface area contributed by atoms with Crippen molar-refractivity contribution in [2.24, 2.45) is 5.92 Å². The van der Waals surface area contributed by atoms with Crippen LogP contribution in [0.2, 0.25) is 0 Å².